The summed E-state index contributed by atoms with van der Waals surface area (Å²) in [6, 6.07) is 11.8. The van der Waals surface area contributed by atoms with Crippen LogP contribution in [0.1, 0.15) is 5.82 Å². The zero-order valence-electron chi connectivity index (χ0n) is 11.3. The van der Waals surface area contributed by atoms with E-state index in [2.05, 4.69) is 20.2 Å². The van der Waals surface area contributed by atoms with E-state index < -0.39 is 0 Å². The predicted molar refractivity (Wildman–Crippen MR) is 76.5 cm³/mol. The van der Waals surface area contributed by atoms with E-state index in [1.54, 1.807) is 19.3 Å². The molecule has 4 aromatic rings. The summed E-state index contributed by atoms with van der Waals surface area (Å²) in [7, 11) is 0. The van der Waals surface area contributed by atoms with Crippen LogP contribution >= 0.6 is 0 Å². The Kier molecular flexibility index (Phi) is 2.53. The van der Waals surface area contributed by atoms with Gasteiger partial charge in [0, 0.05) is 6.20 Å². The lowest BCUT2D eigenvalue weighted by Crippen LogP contribution is -1.95. The van der Waals surface area contributed by atoms with Gasteiger partial charge in [0.1, 0.15) is 0 Å². The van der Waals surface area contributed by atoms with E-state index in [1.165, 1.54) is 0 Å². The van der Waals surface area contributed by atoms with Crippen LogP contribution in [0.2, 0.25) is 0 Å². The Morgan fingerprint density at radius 1 is 1.10 bits per heavy atom. The third-order valence-electron chi connectivity index (χ3n) is 3.22. The molecule has 0 bridgehead atoms. The number of aromatic nitrogens is 5. The summed E-state index contributed by atoms with van der Waals surface area (Å²) in [6.45, 7) is 1.78. The highest BCUT2D eigenvalue weighted by Crippen LogP contribution is 2.22. The molecule has 0 N–H and O–H groups in total. The highest BCUT2D eigenvalue weighted by molar-refractivity contribution is 5.63. The molecule has 0 saturated heterocycles. The van der Waals surface area contributed by atoms with Crippen molar-refractivity contribution >= 4 is 5.52 Å². The summed E-state index contributed by atoms with van der Waals surface area (Å²) in [4.78, 5) is 8.67. The van der Waals surface area contributed by atoms with Crippen LogP contribution in [0.4, 0.5) is 0 Å². The first kappa shape index (κ1) is 11.8. The predicted octanol–water partition coefficient (Wildman–Crippen LogP) is 2.75. The first-order valence-electron chi connectivity index (χ1n) is 6.51. The van der Waals surface area contributed by atoms with Crippen molar-refractivity contribution in [2.45, 2.75) is 6.92 Å². The van der Waals surface area contributed by atoms with Gasteiger partial charge in [0.05, 0.1) is 28.7 Å². The second kappa shape index (κ2) is 4.52. The third-order valence-corrected chi connectivity index (χ3v) is 3.22. The third kappa shape index (κ3) is 1.97. The van der Waals surface area contributed by atoms with Crippen LogP contribution in [0.15, 0.2) is 53.3 Å². The number of rotatable bonds is 2. The number of hydrogen-bond donors (Lipinski definition) is 0. The first-order chi connectivity index (χ1) is 10.3. The molecule has 0 spiro atoms. The maximum absolute atomic E-state index is 5.14. The van der Waals surface area contributed by atoms with Crippen molar-refractivity contribution in [3.05, 3.63) is 54.6 Å². The number of pyridine rings is 2. The zero-order valence-corrected chi connectivity index (χ0v) is 11.3. The highest BCUT2D eigenvalue weighted by atomic mass is 16.5. The van der Waals surface area contributed by atoms with E-state index in [0.717, 1.165) is 22.5 Å². The molecule has 4 heterocycles. The lowest BCUT2D eigenvalue weighted by Gasteiger charge is -2.04. The van der Waals surface area contributed by atoms with Crippen molar-refractivity contribution in [3.8, 4) is 22.8 Å². The van der Waals surface area contributed by atoms with E-state index in [1.807, 2.05) is 40.9 Å². The normalized spacial score (nSPS) is 11.1. The van der Waals surface area contributed by atoms with Crippen LogP contribution < -0.4 is 0 Å². The van der Waals surface area contributed by atoms with Gasteiger partial charge in [-0.2, -0.15) is 10.1 Å². The van der Waals surface area contributed by atoms with Crippen molar-refractivity contribution in [3.63, 3.8) is 0 Å². The fourth-order valence-corrected chi connectivity index (χ4v) is 2.23. The molecule has 0 aromatic carbocycles. The van der Waals surface area contributed by atoms with Gasteiger partial charge in [0.25, 0.3) is 5.89 Å². The summed E-state index contributed by atoms with van der Waals surface area (Å²) in [5.41, 5.74) is 3.60. The standard InChI is InChI=1S/C15H11N5O/c1-10-18-15(21-19-10)11-5-6-13(16-9-11)14-4-2-3-12-7-8-17-20(12)14/h2-9H,1H3. The van der Waals surface area contributed by atoms with Gasteiger partial charge >= 0.3 is 0 Å². The summed E-state index contributed by atoms with van der Waals surface area (Å²) < 4.78 is 7.00. The van der Waals surface area contributed by atoms with Crippen molar-refractivity contribution in [1.82, 2.24) is 24.7 Å². The topological polar surface area (TPSA) is 69.1 Å². The van der Waals surface area contributed by atoms with Gasteiger partial charge < -0.3 is 4.52 Å². The van der Waals surface area contributed by atoms with Crippen LogP contribution in [0.5, 0.6) is 0 Å². The van der Waals surface area contributed by atoms with Crippen molar-refractivity contribution in [2.24, 2.45) is 0 Å². The smallest absolute Gasteiger partial charge is 0.259 e. The van der Waals surface area contributed by atoms with Gasteiger partial charge in [0.2, 0.25) is 0 Å². The molecule has 0 fully saturated rings. The second-order valence-electron chi connectivity index (χ2n) is 4.66. The molecule has 0 atom stereocenters. The van der Waals surface area contributed by atoms with Crippen molar-refractivity contribution in [2.75, 3.05) is 0 Å². The molecule has 6 nitrogen and oxygen atoms in total. The summed E-state index contributed by atoms with van der Waals surface area (Å²) in [6.07, 6.45) is 3.50. The van der Waals surface area contributed by atoms with E-state index in [9.17, 15) is 0 Å². The maximum Gasteiger partial charge on any atom is 0.259 e. The Bertz CT molecular complexity index is 907. The molecule has 102 valence electrons. The quantitative estimate of drug-likeness (QED) is 0.563. The highest BCUT2D eigenvalue weighted by Gasteiger charge is 2.09. The van der Waals surface area contributed by atoms with Gasteiger partial charge in [0.15, 0.2) is 5.82 Å². The molecule has 0 aliphatic heterocycles. The van der Waals surface area contributed by atoms with Crippen molar-refractivity contribution in [1.29, 1.82) is 0 Å². The van der Waals surface area contributed by atoms with Crippen LogP contribution in [0.3, 0.4) is 0 Å². The van der Waals surface area contributed by atoms with E-state index in [-0.39, 0.29) is 0 Å². The largest absolute Gasteiger partial charge is 0.334 e. The Labute approximate surface area is 120 Å². The lowest BCUT2D eigenvalue weighted by molar-refractivity contribution is 0.425. The molecule has 6 heteroatoms. The van der Waals surface area contributed by atoms with Gasteiger partial charge in [-0.05, 0) is 37.3 Å². The Morgan fingerprint density at radius 2 is 2.05 bits per heavy atom. The van der Waals surface area contributed by atoms with Crippen LogP contribution in [-0.2, 0) is 0 Å². The number of nitrogens with zero attached hydrogens (tertiary/aromatic N) is 5. The van der Waals surface area contributed by atoms with E-state index >= 15 is 0 Å². The molecule has 4 rings (SSSR count). The molecule has 21 heavy (non-hydrogen) atoms. The SMILES string of the molecule is Cc1noc(-c2ccc(-c3cccc4ccnn34)nc2)n1. The minimum atomic E-state index is 0.476. The number of hydrogen-bond acceptors (Lipinski definition) is 5. The summed E-state index contributed by atoms with van der Waals surface area (Å²) in [5.74, 6) is 1.08. The Balaban J connectivity index is 1.78. The average molecular weight is 277 g/mol. The molecule has 0 aliphatic rings. The second-order valence-corrected chi connectivity index (χ2v) is 4.66. The monoisotopic (exact) mass is 277 g/mol. The van der Waals surface area contributed by atoms with Gasteiger partial charge in [-0.25, -0.2) is 4.52 Å². The summed E-state index contributed by atoms with van der Waals surface area (Å²) >= 11 is 0. The van der Waals surface area contributed by atoms with Gasteiger partial charge in [-0.3, -0.25) is 4.98 Å². The average Bonchev–Trinajstić information content (AvgIpc) is 3.15. The molecule has 0 aliphatic carbocycles. The van der Waals surface area contributed by atoms with Crippen LogP contribution in [-0.4, -0.2) is 24.7 Å². The first-order valence-corrected chi connectivity index (χ1v) is 6.51. The molecule has 0 saturated carbocycles. The van der Waals surface area contributed by atoms with Crippen LogP contribution in [0.25, 0.3) is 28.4 Å². The minimum absolute atomic E-state index is 0.476. The molecular weight excluding hydrogens is 266 g/mol. The summed E-state index contributed by atoms with van der Waals surface area (Å²) in [5, 5.41) is 8.09. The van der Waals surface area contributed by atoms with E-state index in [4.69, 9.17) is 4.52 Å². The fourth-order valence-electron chi connectivity index (χ4n) is 2.23. The number of fused-ring (bicyclic) bond motifs is 1. The Morgan fingerprint density at radius 3 is 2.81 bits per heavy atom. The Hall–Kier alpha value is -3.02. The van der Waals surface area contributed by atoms with Gasteiger partial charge in [-0.1, -0.05) is 11.2 Å². The minimum Gasteiger partial charge on any atom is -0.334 e. The number of aryl methyl sites for hydroxylation is 1. The molecule has 4 aromatic heterocycles. The maximum atomic E-state index is 5.14. The lowest BCUT2D eigenvalue weighted by atomic mass is 10.2. The zero-order chi connectivity index (χ0) is 14.2. The fraction of sp³-hybridized carbons (Fsp3) is 0.0667. The van der Waals surface area contributed by atoms with E-state index in [0.29, 0.717) is 11.7 Å². The molecule has 0 radical (unpaired) electrons. The molecule has 0 unspecified atom stereocenters. The molecular formula is C15H11N5O. The van der Waals surface area contributed by atoms with Crippen molar-refractivity contribution < 1.29 is 4.52 Å². The van der Waals surface area contributed by atoms with Gasteiger partial charge in [-0.15, -0.1) is 0 Å². The van der Waals surface area contributed by atoms with Crippen LogP contribution in [0, 0.1) is 6.92 Å². The molecule has 0 amide bonds.